The Morgan fingerprint density at radius 3 is 2.67 bits per heavy atom. The normalized spacial score (nSPS) is 27.0. The van der Waals surface area contributed by atoms with Gasteiger partial charge < -0.3 is 15.0 Å². The number of carbonyl (C=O) groups is 1. The molecule has 2 N–H and O–H groups in total. The molecule has 2 aromatic rings. The quantitative estimate of drug-likeness (QED) is 0.740. The molecule has 0 radical (unpaired) electrons. The highest BCUT2D eigenvalue weighted by atomic mass is 16.5. The lowest BCUT2D eigenvalue weighted by Gasteiger charge is -2.41. The molecule has 30 heavy (non-hydrogen) atoms. The number of nitrogens with zero attached hydrogens (tertiary/aromatic N) is 2. The maximum Gasteiger partial charge on any atom is 0.317 e. The molecule has 2 fully saturated rings. The predicted octanol–water partition coefficient (Wildman–Crippen LogP) is 4.43. The van der Waals surface area contributed by atoms with E-state index in [1.807, 2.05) is 24.1 Å². The number of benzene rings is 1. The molecule has 1 aromatic heterocycles. The van der Waals surface area contributed by atoms with Crippen molar-refractivity contribution < 1.29 is 9.53 Å². The molecule has 1 unspecified atom stereocenters. The molecule has 2 heterocycles. The topological polar surface area (TPSA) is 70.2 Å². The van der Waals surface area contributed by atoms with Crippen LogP contribution in [0.2, 0.25) is 0 Å². The second kappa shape index (κ2) is 10.1. The lowest BCUT2D eigenvalue weighted by Crippen LogP contribution is -2.53. The van der Waals surface area contributed by atoms with Crippen LogP contribution < -0.4 is 5.32 Å². The van der Waals surface area contributed by atoms with Gasteiger partial charge in [0, 0.05) is 25.2 Å². The lowest BCUT2D eigenvalue weighted by molar-refractivity contribution is -0.0170. The zero-order chi connectivity index (χ0) is 20.8. The van der Waals surface area contributed by atoms with E-state index in [-0.39, 0.29) is 24.1 Å². The van der Waals surface area contributed by atoms with Crippen LogP contribution in [0.5, 0.6) is 0 Å². The zero-order valence-electron chi connectivity index (χ0n) is 17.9. The largest absolute Gasteiger partial charge is 0.376 e. The Hall–Kier alpha value is -2.34. The van der Waals surface area contributed by atoms with Crippen molar-refractivity contribution in [2.24, 2.45) is 0 Å². The van der Waals surface area contributed by atoms with Gasteiger partial charge in [-0.3, -0.25) is 5.10 Å². The molecule has 0 bridgehead atoms. The Kier molecular flexibility index (Phi) is 7.05. The Morgan fingerprint density at radius 2 is 1.97 bits per heavy atom. The summed E-state index contributed by atoms with van der Waals surface area (Å²) in [7, 11) is 0. The first kappa shape index (κ1) is 20.9. The molecule has 2 atom stereocenters. The van der Waals surface area contributed by atoms with Gasteiger partial charge in [0.2, 0.25) is 0 Å². The number of carbonyl (C=O) groups excluding carboxylic acids is 1. The van der Waals surface area contributed by atoms with Gasteiger partial charge in [-0.05, 0) is 63.0 Å². The molecule has 0 spiro atoms. The fourth-order valence-electron chi connectivity index (χ4n) is 5.11. The van der Waals surface area contributed by atoms with Crippen LogP contribution >= 0.6 is 0 Å². The van der Waals surface area contributed by atoms with Crippen LogP contribution in [-0.2, 0) is 4.74 Å². The Balaban J connectivity index is 1.38. The van der Waals surface area contributed by atoms with Gasteiger partial charge in [-0.2, -0.15) is 5.10 Å². The summed E-state index contributed by atoms with van der Waals surface area (Å²) in [5.74, 6) is 0.859. The average Bonchev–Trinajstić information content (AvgIpc) is 3.33. The van der Waals surface area contributed by atoms with Crippen molar-refractivity contribution in [3.05, 3.63) is 53.9 Å². The van der Waals surface area contributed by atoms with Crippen molar-refractivity contribution >= 4 is 6.03 Å². The van der Waals surface area contributed by atoms with Gasteiger partial charge in [-0.25, -0.2) is 4.79 Å². The van der Waals surface area contributed by atoms with E-state index in [0.717, 1.165) is 37.9 Å². The van der Waals surface area contributed by atoms with Crippen molar-refractivity contribution in [1.29, 1.82) is 0 Å². The summed E-state index contributed by atoms with van der Waals surface area (Å²) in [5, 5.41) is 10.3. The fraction of sp³-hybridized carbons (Fsp3) is 0.583. The summed E-state index contributed by atoms with van der Waals surface area (Å²) < 4.78 is 6.43. The van der Waals surface area contributed by atoms with Crippen LogP contribution in [0.4, 0.5) is 4.79 Å². The van der Waals surface area contributed by atoms with Gasteiger partial charge in [-0.15, -0.1) is 0 Å². The van der Waals surface area contributed by atoms with Crippen molar-refractivity contribution in [1.82, 2.24) is 20.4 Å². The molecule has 1 saturated carbocycles. The minimum Gasteiger partial charge on any atom is -0.376 e. The second-order valence-corrected chi connectivity index (χ2v) is 8.56. The number of piperidine rings is 1. The van der Waals surface area contributed by atoms with E-state index < -0.39 is 0 Å². The summed E-state index contributed by atoms with van der Waals surface area (Å²) >= 11 is 0. The smallest absolute Gasteiger partial charge is 0.317 e. The summed E-state index contributed by atoms with van der Waals surface area (Å²) in [4.78, 5) is 14.7. The Morgan fingerprint density at radius 1 is 1.17 bits per heavy atom. The summed E-state index contributed by atoms with van der Waals surface area (Å²) in [6.07, 6.45) is 8.68. The number of nitrogens with one attached hydrogen (secondary N) is 2. The van der Waals surface area contributed by atoms with Gasteiger partial charge in [0.15, 0.2) is 0 Å². The molecule has 2 amide bonds. The number of likely N-dealkylation sites (tertiary alicyclic amines) is 1. The van der Waals surface area contributed by atoms with E-state index in [0.29, 0.717) is 19.1 Å². The summed E-state index contributed by atoms with van der Waals surface area (Å²) in [6, 6.07) is 12.9. The fourth-order valence-corrected chi connectivity index (χ4v) is 5.11. The number of hydrogen-bond acceptors (Lipinski definition) is 3. The Bertz CT molecular complexity index is 772. The first-order chi connectivity index (χ1) is 14.8. The molecule has 1 aromatic carbocycles. The van der Waals surface area contributed by atoms with Gasteiger partial charge >= 0.3 is 6.03 Å². The third kappa shape index (κ3) is 4.86. The van der Waals surface area contributed by atoms with Crippen LogP contribution in [-0.4, -0.2) is 53.0 Å². The van der Waals surface area contributed by atoms with Gasteiger partial charge in [0.05, 0.1) is 24.4 Å². The van der Waals surface area contributed by atoms with Crippen LogP contribution in [0.3, 0.4) is 0 Å². The third-order valence-electron chi connectivity index (χ3n) is 6.72. The van der Waals surface area contributed by atoms with E-state index in [9.17, 15) is 4.79 Å². The van der Waals surface area contributed by atoms with Crippen molar-refractivity contribution in [2.45, 2.75) is 69.4 Å². The van der Waals surface area contributed by atoms with Gasteiger partial charge in [-0.1, -0.05) is 30.3 Å². The van der Waals surface area contributed by atoms with Crippen LogP contribution in [0, 0.1) is 0 Å². The molecule has 2 aliphatic rings. The standard InChI is InChI=1S/C24H34N4O2/c1-2-25-24(29)28-16-6-9-21(22-14-15-26-27-22)23(28)17-30-20-12-10-19(11-13-20)18-7-4-3-5-8-18/h3-5,7-8,14-15,19-21,23H,2,6,9-13,16-17H2,1H3,(H,25,29)(H,26,27)/t19?,20?,21-,23?/m0/s1. The molecule has 6 heteroatoms. The maximum atomic E-state index is 12.7. The molecular weight excluding hydrogens is 376 g/mol. The highest BCUT2D eigenvalue weighted by Gasteiger charge is 2.37. The highest BCUT2D eigenvalue weighted by molar-refractivity contribution is 5.74. The van der Waals surface area contributed by atoms with Crippen molar-refractivity contribution in [3.63, 3.8) is 0 Å². The number of urea groups is 1. The minimum absolute atomic E-state index is 0.0131. The molecule has 1 aliphatic carbocycles. The summed E-state index contributed by atoms with van der Waals surface area (Å²) in [5.41, 5.74) is 2.48. The maximum absolute atomic E-state index is 12.7. The Labute approximate surface area is 179 Å². The molecule has 6 nitrogen and oxygen atoms in total. The van der Waals surface area contributed by atoms with E-state index in [1.165, 1.54) is 18.4 Å². The summed E-state index contributed by atoms with van der Waals surface area (Å²) in [6.45, 7) is 3.96. The number of hydrogen-bond donors (Lipinski definition) is 2. The number of aromatic nitrogens is 2. The van der Waals surface area contributed by atoms with Gasteiger partial charge in [0.25, 0.3) is 0 Å². The van der Waals surface area contributed by atoms with E-state index in [4.69, 9.17) is 4.74 Å². The molecule has 4 rings (SSSR count). The minimum atomic E-state index is 0.0131. The van der Waals surface area contributed by atoms with Crippen molar-refractivity contribution in [2.75, 3.05) is 19.7 Å². The van der Waals surface area contributed by atoms with Crippen LogP contribution in [0.25, 0.3) is 0 Å². The molecule has 162 valence electrons. The molecule has 1 aliphatic heterocycles. The van der Waals surface area contributed by atoms with E-state index in [1.54, 1.807) is 0 Å². The average molecular weight is 411 g/mol. The molecule has 1 saturated heterocycles. The highest BCUT2D eigenvalue weighted by Crippen LogP contribution is 2.36. The van der Waals surface area contributed by atoms with Crippen LogP contribution in [0.15, 0.2) is 42.6 Å². The predicted molar refractivity (Wildman–Crippen MR) is 118 cm³/mol. The lowest BCUT2D eigenvalue weighted by atomic mass is 9.82. The third-order valence-corrected chi connectivity index (χ3v) is 6.72. The monoisotopic (exact) mass is 410 g/mol. The second-order valence-electron chi connectivity index (χ2n) is 8.56. The van der Waals surface area contributed by atoms with E-state index in [2.05, 4.69) is 45.8 Å². The zero-order valence-corrected chi connectivity index (χ0v) is 17.9. The first-order valence-electron chi connectivity index (χ1n) is 11.5. The number of ether oxygens (including phenoxy) is 1. The van der Waals surface area contributed by atoms with E-state index >= 15 is 0 Å². The number of H-pyrrole nitrogens is 1. The molecular formula is C24H34N4O2. The van der Waals surface area contributed by atoms with Gasteiger partial charge in [0.1, 0.15) is 0 Å². The number of aromatic amines is 1. The number of amides is 2. The van der Waals surface area contributed by atoms with Crippen LogP contribution in [0.1, 0.15) is 68.5 Å². The SMILES string of the molecule is CCNC(=O)N1CCC[C@@H](c2cc[nH]n2)C1COC1CCC(c2ccccc2)CC1. The first-order valence-corrected chi connectivity index (χ1v) is 11.5. The van der Waals surface area contributed by atoms with Crippen molar-refractivity contribution in [3.8, 4) is 0 Å². The number of rotatable bonds is 6.